The van der Waals surface area contributed by atoms with Crippen molar-refractivity contribution in [1.29, 1.82) is 0 Å². The highest BCUT2D eigenvalue weighted by Crippen LogP contribution is 2.18. The zero-order valence-electron chi connectivity index (χ0n) is 14.5. The van der Waals surface area contributed by atoms with Gasteiger partial charge in [0, 0.05) is 6.54 Å². The van der Waals surface area contributed by atoms with Crippen molar-refractivity contribution in [3.63, 3.8) is 0 Å². The SMILES string of the molecule is CCN(C)CC1CCN(CCCCCCC(C)C)CC1. The fraction of sp³-hybridized carbons (Fsp3) is 1.00. The molecule has 1 rings (SSSR count). The number of piperidine rings is 1. The summed E-state index contributed by atoms with van der Waals surface area (Å²) in [5.41, 5.74) is 0. The van der Waals surface area contributed by atoms with E-state index < -0.39 is 0 Å². The van der Waals surface area contributed by atoms with Crippen LogP contribution >= 0.6 is 0 Å². The molecule has 0 atom stereocenters. The minimum Gasteiger partial charge on any atom is -0.306 e. The number of likely N-dealkylation sites (tertiary alicyclic amines) is 1. The molecule has 0 N–H and O–H groups in total. The second-order valence-corrected chi connectivity index (χ2v) is 7.24. The van der Waals surface area contributed by atoms with Gasteiger partial charge in [-0.2, -0.15) is 0 Å². The normalized spacial score (nSPS) is 18.3. The number of rotatable bonds is 10. The first-order chi connectivity index (χ1) is 9.61. The van der Waals surface area contributed by atoms with E-state index in [1.54, 1.807) is 0 Å². The fourth-order valence-corrected chi connectivity index (χ4v) is 3.20. The Hall–Kier alpha value is -0.0800. The standard InChI is InChI=1S/C18H38N2/c1-5-19(4)16-18-11-14-20(15-12-18)13-9-7-6-8-10-17(2)3/h17-18H,5-16H2,1-4H3. The van der Waals surface area contributed by atoms with Gasteiger partial charge in [-0.1, -0.05) is 46.5 Å². The lowest BCUT2D eigenvalue weighted by atomic mass is 9.96. The number of hydrogen-bond acceptors (Lipinski definition) is 2. The molecule has 0 aromatic carbocycles. The topological polar surface area (TPSA) is 6.48 Å². The van der Waals surface area contributed by atoms with E-state index in [2.05, 4.69) is 37.6 Å². The Balaban J connectivity index is 1.97. The zero-order chi connectivity index (χ0) is 14.8. The molecule has 1 fully saturated rings. The Kier molecular flexibility index (Phi) is 9.54. The van der Waals surface area contributed by atoms with Gasteiger partial charge >= 0.3 is 0 Å². The van der Waals surface area contributed by atoms with Crippen molar-refractivity contribution < 1.29 is 0 Å². The van der Waals surface area contributed by atoms with Crippen LogP contribution in [0.1, 0.15) is 65.7 Å². The van der Waals surface area contributed by atoms with Crippen LogP contribution in [0, 0.1) is 11.8 Å². The first kappa shape index (κ1) is 18.0. The molecule has 1 aliphatic rings. The van der Waals surface area contributed by atoms with Crippen LogP contribution in [0.3, 0.4) is 0 Å². The minimum atomic E-state index is 0.885. The second kappa shape index (κ2) is 10.6. The predicted octanol–water partition coefficient (Wildman–Crippen LogP) is 4.26. The molecule has 1 heterocycles. The van der Waals surface area contributed by atoms with E-state index in [0.717, 1.165) is 11.8 Å². The van der Waals surface area contributed by atoms with Crippen molar-refractivity contribution in [2.75, 3.05) is 39.8 Å². The van der Waals surface area contributed by atoms with E-state index >= 15 is 0 Å². The maximum absolute atomic E-state index is 2.70. The van der Waals surface area contributed by atoms with Crippen LogP contribution < -0.4 is 0 Å². The Bertz CT molecular complexity index is 219. The summed E-state index contributed by atoms with van der Waals surface area (Å²) in [6, 6.07) is 0. The second-order valence-electron chi connectivity index (χ2n) is 7.24. The molecule has 20 heavy (non-hydrogen) atoms. The van der Waals surface area contributed by atoms with Crippen molar-refractivity contribution >= 4 is 0 Å². The fourth-order valence-electron chi connectivity index (χ4n) is 3.20. The van der Waals surface area contributed by atoms with Crippen molar-refractivity contribution in [2.45, 2.75) is 65.7 Å². The van der Waals surface area contributed by atoms with Crippen LogP contribution in [0.5, 0.6) is 0 Å². The molecule has 0 saturated carbocycles. The van der Waals surface area contributed by atoms with Gasteiger partial charge in [0.1, 0.15) is 0 Å². The van der Waals surface area contributed by atoms with E-state index in [0.29, 0.717) is 0 Å². The molecule has 0 radical (unpaired) electrons. The molecule has 120 valence electrons. The molecular formula is C18H38N2. The maximum atomic E-state index is 2.70. The van der Waals surface area contributed by atoms with Crippen LogP contribution in [-0.2, 0) is 0 Å². The highest BCUT2D eigenvalue weighted by molar-refractivity contribution is 4.74. The van der Waals surface area contributed by atoms with Gasteiger partial charge < -0.3 is 9.80 Å². The highest BCUT2D eigenvalue weighted by atomic mass is 15.1. The summed E-state index contributed by atoms with van der Waals surface area (Å²) in [6.07, 6.45) is 9.97. The van der Waals surface area contributed by atoms with E-state index in [-0.39, 0.29) is 0 Å². The van der Waals surface area contributed by atoms with Crippen LogP contribution in [-0.4, -0.2) is 49.6 Å². The first-order valence-corrected chi connectivity index (χ1v) is 9.02. The van der Waals surface area contributed by atoms with Gasteiger partial charge in [-0.15, -0.1) is 0 Å². The van der Waals surface area contributed by atoms with E-state index in [9.17, 15) is 0 Å². The quantitative estimate of drug-likeness (QED) is 0.553. The van der Waals surface area contributed by atoms with Crippen LogP contribution in [0.4, 0.5) is 0 Å². The van der Waals surface area contributed by atoms with Crippen molar-refractivity contribution in [3.05, 3.63) is 0 Å². The van der Waals surface area contributed by atoms with E-state index in [4.69, 9.17) is 0 Å². The molecule has 0 aliphatic carbocycles. The highest BCUT2D eigenvalue weighted by Gasteiger charge is 2.19. The Morgan fingerprint density at radius 1 is 1.05 bits per heavy atom. The Morgan fingerprint density at radius 3 is 2.30 bits per heavy atom. The summed E-state index contributed by atoms with van der Waals surface area (Å²) in [7, 11) is 2.25. The molecule has 2 nitrogen and oxygen atoms in total. The number of unbranched alkanes of at least 4 members (excludes halogenated alkanes) is 3. The van der Waals surface area contributed by atoms with Gasteiger partial charge in [0.2, 0.25) is 0 Å². The summed E-state index contributed by atoms with van der Waals surface area (Å²) in [4.78, 5) is 5.17. The molecule has 2 heteroatoms. The molecule has 0 amide bonds. The third-order valence-corrected chi connectivity index (χ3v) is 4.82. The summed E-state index contributed by atoms with van der Waals surface area (Å²) in [6.45, 7) is 13.4. The maximum Gasteiger partial charge on any atom is 0.000744 e. The first-order valence-electron chi connectivity index (χ1n) is 9.02. The molecule has 0 aromatic rings. The number of nitrogens with zero attached hydrogens (tertiary/aromatic N) is 2. The van der Waals surface area contributed by atoms with Gasteiger partial charge in [-0.3, -0.25) is 0 Å². The molecule has 0 spiro atoms. The van der Waals surface area contributed by atoms with Crippen molar-refractivity contribution in [1.82, 2.24) is 9.80 Å². The molecule has 1 aliphatic heterocycles. The lowest BCUT2D eigenvalue weighted by molar-refractivity contribution is 0.154. The Morgan fingerprint density at radius 2 is 1.70 bits per heavy atom. The zero-order valence-corrected chi connectivity index (χ0v) is 14.5. The summed E-state index contributed by atoms with van der Waals surface area (Å²) in [5.74, 6) is 1.83. The van der Waals surface area contributed by atoms with E-state index in [1.165, 1.54) is 77.7 Å². The van der Waals surface area contributed by atoms with Crippen LogP contribution in [0.25, 0.3) is 0 Å². The lowest BCUT2D eigenvalue weighted by Crippen LogP contribution is -2.38. The smallest absolute Gasteiger partial charge is 0.000744 e. The molecular weight excluding hydrogens is 244 g/mol. The summed E-state index contributed by atoms with van der Waals surface area (Å²) in [5, 5.41) is 0. The molecule has 0 aromatic heterocycles. The van der Waals surface area contributed by atoms with Crippen molar-refractivity contribution in [3.8, 4) is 0 Å². The van der Waals surface area contributed by atoms with E-state index in [1.807, 2.05) is 0 Å². The van der Waals surface area contributed by atoms with Crippen molar-refractivity contribution in [2.24, 2.45) is 11.8 Å². The van der Waals surface area contributed by atoms with Gasteiger partial charge in [0.25, 0.3) is 0 Å². The summed E-state index contributed by atoms with van der Waals surface area (Å²) >= 11 is 0. The van der Waals surface area contributed by atoms with Gasteiger partial charge in [-0.05, 0) is 64.3 Å². The largest absolute Gasteiger partial charge is 0.306 e. The third kappa shape index (κ3) is 8.26. The predicted molar refractivity (Wildman–Crippen MR) is 90.3 cm³/mol. The molecule has 0 unspecified atom stereocenters. The third-order valence-electron chi connectivity index (χ3n) is 4.82. The molecule has 1 saturated heterocycles. The minimum absolute atomic E-state index is 0.885. The average Bonchev–Trinajstić information content (AvgIpc) is 2.44. The van der Waals surface area contributed by atoms with Crippen LogP contribution in [0.15, 0.2) is 0 Å². The summed E-state index contributed by atoms with van der Waals surface area (Å²) < 4.78 is 0. The molecule has 0 bridgehead atoms. The Labute approximate surface area is 127 Å². The number of hydrogen-bond donors (Lipinski definition) is 0. The average molecular weight is 283 g/mol. The lowest BCUT2D eigenvalue weighted by Gasteiger charge is -2.33. The van der Waals surface area contributed by atoms with Crippen LogP contribution in [0.2, 0.25) is 0 Å². The van der Waals surface area contributed by atoms with Gasteiger partial charge in [-0.25, -0.2) is 0 Å². The van der Waals surface area contributed by atoms with Gasteiger partial charge in [0.05, 0.1) is 0 Å². The van der Waals surface area contributed by atoms with Gasteiger partial charge in [0.15, 0.2) is 0 Å². The monoisotopic (exact) mass is 282 g/mol.